The van der Waals surface area contributed by atoms with Crippen molar-refractivity contribution in [2.45, 2.75) is 38.5 Å². The molecule has 1 aliphatic rings. The van der Waals surface area contributed by atoms with Crippen LogP contribution in [0.1, 0.15) is 48.9 Å². The van der Waals surface area contributed by atoms with Gasteiger partial charge in [0.2, 0.25) is 0 Å². The number of hydrogen-bond acceptors (Lipinski definition) is 2. The van der Waals surface area contributed by atoms with Crippen molar-refractivity contribution in [3.8, 4) is 0 Å². The third kappa shape index (κ3) is 4.23. The van der Waals surface area contributed by atoms with Gasteiger partial charge in [0.05, 0.1) is 5.56 Å². The Labute approximate surface area is 122 Å². The first-order valence-corrected chi connectivity index (χ1v) is 7.73. The molecule has 2 rings (SSSR count). The van der Waals surface area contributed by atoms with Gasteiger partial charge in [0.15, 0.2) is 0 Å². The number of aromatic carboxylic acids is 1. The van der Waals surface area contributed by atoms with Gasteiger partial charge in [-0.2, -0.15) is 0 Å². The van der Waals surface area contributed by atoms with E-state index in [4.69, 9.17) is 5.11 Å². The molecule has 1 aromatic carbocycles. The summed E-state index contributed by atoms with van der Waals surface area (Å²) >= 11 is 3.30. The van der Waals surface area contributed by atoms with Gasteiger partial charge in [-0.25, -0.2) is 4.79 Å². The van der Waals surface area contributed by atoms with Crippen LogP contribution in [0.2, 0.25) is 0 Å². The molecule has 0 heterocycles. The summed E-state index contributed by atoms with van der Waals surface area (Å²) in [7, 11) is 0. The normalized spacial score (nSPS) is 16.3. The standard InChI is InChI=1S/C15H20BrNO2/c16-14-10-12(6-7-13(14)15(18)19)17-9-8-11-4-2-1-3-5-11/h6-7,10-11,17H,1-5,8-9H2,(H,18,19). The Morgan fingerprint density at radius 2 is 2.05 bits per heavy atom. The van der Waals surface area contributed by atoms with E-state index in [1.54, 1.807) is 6.07 Å². The third-order valence-corrected chi connectivity index (χ3v) is 4.46. The second-order valence-electron chi connectivity index (χ2n) is 5.22. The first kappa shape index (κ1) is 14.4. The predicted octanol–water partition coefficient (Wildman–Crippen LogP) is 4.53. The summed E-state index contributed by atoms with van der Waals surface area (Å²) in [5.41, 5.74) is 1.28. The maximum absolute atomic E-state index is 10.9. The van der Waals surface area contributed by atoms with Crippen LogP contribution in [-0.2, 0) is 0 Å². The van der Waals surface area contributed by atoms with Crippen LogP contribution in [0.3, 0.4) is 0 Å². The molecule has 0 unspecified atom stereocenters. The van der Waals surface area contributed by atoms with Gasteiger partial charge in [0, 0.05) is 16.7 Å². The molecule has 0 amide bonds. The molecular formula is C15H20BrNO2. The van der Waals surface area contributed by atoms with Crippen LogP contribution in [0.4, 0.5) is 5.69 Å². The first-order chi connectivity index (χ1) is 9.16. The van der Waals surface area contributed by atoms with E-state index in [9.17, 15) is 4.79 Å². The zero-order valence-corrected chi connectivity index (χ0v) is 12.6. The summed E-state index contributed by atoms with van der Waals surface area (Å²) in [5, 5.41) is 12.3. The lowest BCUT2D eigenvalue weighted by Crippen LogP contribution is -2.12. The molecule has 0 aliphatic heterocycles. The van der Waals surface area contributed by atoms with E-state index >= 15 is 0 Å². The average Bonchev–Trinajstić information content (AvgIpc) is 2.39. The second-order valence-corrected chi connectivity index (χ2v) is 6.07. The molecule has 0 spiro atoms. The van der Waals surface area contributed by atoms with Gasteiger partial charge in [-0.15, -0.1) is 0 Å². The van der Waals surface area contributed by atoms with Crippen LogP contribution < -0.4 is 5.32 Å². The van der Waals surface area contributed by atoms with E-state index in [0.717, 1.165) is 18.2 Å². The molecule has 1 aromatic rings. The number of nitrogens with one attached hydrogen (secondary N) is 1. The highest BCUT2D eigenvalue weighted by molar-refractivity contribution is 9.10. The average molecular weight is 326 g/mol. The van der Waals surface area contributed by atoms with E-state index in [-0.39, 0.29) is 0 Å². The Morgan fingerprint density at radius 1 is 1.32 bits per heavy atom. The fraction of sp³-hybridized carbons (Fsp3) is 0.533. The predicted molar refractivity (Wildman–Crippen MR) is 80.8 cm³/mol. The highest BCUT2D eigenvalue weighted by Gasteiger charge is 2.13. The summed E-state index contributed by atoms with van der Waals surface area (Å²) in [6.45, 7) is 0.962. The quantitative estimate of drug-likeness (QED) is 0.836. The topological polar surface area (TPSA) is 49.3 Å². The second kappa shape index (κ2) is 6.94. The lowest BCUT2D eigenvalue weighted by atomic mass is 9.87. The summed E-state index contributed by atoms with van der Waals surface area (Å²) in [5.74, 6) is -0.0383. The molecular weight excluding hydrogens is 306 g/mol. The highest BCUT2D eigenvalue weighted by atomic mass is 79.9. The molecule has 19 heavy (non-hydrogen) atoms. The minimum atomic E-state index is -0.902. The molecule has 0 bridgehead atoms. The fourth-order valence-electron chi connectivity index (χ4n) is 2.69. The summed E-state index contributed by atoms with van der Waals surface area (Å²) in [6, 6.07) is 5.30. The Balaban J connectivity index is 1.82. The van der Waals surface area contributed by atoms with E-state index < -0.39 is 5.97 Å². The zero-order valence-electron chi connectivity index (χ0n) is 11.0. The SMILES string of the molecule is O=C(O)c1ccc(NCCC2CCCCC2)cc1Br. The van der Waals surface area contributed by atoms with Crippen molar-refractivity contribution in [3.63, 3.8) is 0 Å². The Morgan fingerprint density at radius 3 is 2.68 bits per heavy atom. The summed E-state index contributed by atoms with van der Waals surface area (Å²) in [6.07, 6.45) is 8.09. The maximum Gasteiger partial charge on any atom is 0.336 e. The number of benzene rings is 1. The number of rotatable bonds is 5. The van der Waals surface area contributed by atoms with E-state index in [1.165, 1.54) is 38.5 Å². The minimum absolute atomic E-state index is 0.304. The lowest BCUT2D eigenvalue weighted by Gasteiger charge is -2.21. The van der Waals surface area contributed by atoms with Crippen LogP contribution in [-0.4, -0.2) is 17.6 Å². The van der Waals surface area contributed by atoms with Crippen molar-refractivity contribution in [3.05, 3.63) is 28.2 Å². The number of halogens is 1. The Bertz CT molecular complexity index is 442. The monoisotopic (exact) mass is 325 g/mol. The van der Waals surface area contributed by atoms with Gasteiger partial charge in [-0.05, 0) is 46.5 Å². The summed E-state index contributed by atoms with van der Waals surface area (Å²) < 4.78 is 0.627. The van der Waals surface area contributed by atoms with E-state index in [1.807, 2.05) is 12.1 Å². The molecule has 0 aromatic heterocycles. The smallest absolute Gasteiger partial charge is 0.336 e. The van der Waals surface area contributed by atoms with Crippen LogP contribution in [0.15, 0.2) is 22.7 Å². The maximum atomic E-state index is 10.9. The highest BCUT2D eigenvalue weighted by Crippen LogP contribution is 2.26. The van der Waals surface area contributed by atoms with Crippen molar-refractivity contribution < 1.29 is 9.90 Å². The number of carbonyl (C=O) groups is 1. The van der Waals surface area contributed by atoms with E-state index in [0.29, 0.717) is 10.0 Å². The van der Waals surface area contributed by atoms with Gasteiger partial charge in [0.25, 0.3) is 0 Å². The first-order valence-electron chi connectivity index (χ1n) is 6.93. The Hall–Kier alpha value is -1.03. The fourth-order valence-corrected chi connectivity index (χ4v) is 3.24. The van der Waals surface area contributed by atoms with Gasteiger partial charge in [-0.1, -0.05) is 32.1 Å². The van der Waals surface area contributed by atoms with Crippen molar-refractivity contribution in [1.82, 2.24) is 0 Å². The molecule has 1 aliphatic carbocycles. The lowest BCUT2D eigenvalue weighted by molar-refractivity contribution is 0.0696. The number of anilines is 1. The van der Waals surface area contributed by atoms with Crippen molar-refractivity contribution in [1.29, 1.82) is 0 Å². The van der Waals surface area contributed by atoms with Crippen LogP contribution in [0.25, 0.3) is 0 Å². The zero-order chi connectivity index (χ0) is 13.7. The molecule has 2 N–H and O–H groups in total. The van der Waals surface area contributed by atoms with Crippen LogP contribution >= 0.6 is 15.9 Å². The molecule has 0 radical (unpaired) electrons. The third-order valence-electron chi connectivity index (χ3n) is 3.81. The van der Waals surface area contributed by atoms with Crippen LogP contribution in [0.5, 0.6) is 0 Å². The number of carboxylic acid groups (broad SMARTS) is 1. The minimum Gasteiger partial charge on any atom is -0.478 e. The molecule has 104 valence electrons. The molecule has 0 atom stereocenters. The van der Waals surface area contributed by atoms with Crippen molar-refractivity contribution in [2.75, 3.05) is 11.9 Å². The number of hydrogen-bond donors (Lipinski definition) is 2. The summed E-state index contributed by atoms with van der Waals surface area (Å²) in [4.78, 5) is 10.9. The molecule has 1 fully saturated rings. The molecule has 1 saturated carbocycles. The number of carboxylic acids is 1. The molecule has 3 nitrogen and oxygen atoms in total. The van der Waals surface area contributed by atoms with Gasteiger partial charge >= 0.3 is 5.97 Å². The van der Waals surface area contributed by atoms with Gasteiger partial charge < -0.3 is 10.4 Å². The van der Waals surface area contributed by atoms with Crippen molar-refractivity contribution in [2.24, 2.45) is 5.92 Å². The van der Waals surface area contributed by atoms with Gasteiger partial charge in [-0.3, -0.25) is 0 Å². The van der Waals surface area contributed by atoms with E-state index in [2.05, 4.69) is 21.2 Å². The van der Waals surface area contributed by atoms with Gasteiger partial charge in [0.1, 0.15) is 0 Å². The molecule has 0 saturated heterocycles. The Kier molecular flexibility index (Phi) is 5.25. The van der Waals surface area contributed by atoms with Crippen LogP contribution in [0, 0.1) is 5.92 Å². The van der Waals surface area contributed by atoms with Crippen molar-refractivity contribution >= 4 is 27.6 Å². The molecule has 4 heteroatoms. The largest absolute Gasteiger partial charge is 0.478 e.